The topological polar surface area (TPSA) is 30.5 Å². The minimum Gasteiger partial charge on any atom is -0.493 e. The molecule has 0 aliphatic rings. The molecule has 1 unspecified atom stereocenters. The van der Waals surface area contributed by atoms with Crippen LogP contribution in [0.4, 0.5) is 0 Å². The Hall–Kier alpha value is -1.22. The lowest BCUT2D eigenvalue weighted by Gasteiger charge is -2.20. The van der Waals surface area contributed by atoms with E-state index in [-0.39, 0.29) is 0 Å². The van der Waals surface area contributed by atoms with Crippen molar-refractivity contribution in [1.29, 1.82) is 0 Å². The molecule has 0 heterocycles. The average molecular weight is 279 g/mol. The SMILES string of the molecule is CCCCCCCC(NC)c1cccc(OC)c1OC. The second-order valence-electron chi connectivity index (χ2n) is 5.13. The molecule has 0 aliphatic carbocycles. The molecule has 0 aromatic heterocycles. The van der Waals surface area contributed by atoms with Crippen LogP contribution in [-0.2, 0) is 0 Å². The molecule has 20 heavy (non-hydrogen) atoms. The Balaban J connectivity index is 2.69. The molecule has 114 valence electrons. The highest BCUT2D eigenvalue weighted by atomic mass is 16.5. The van der Waals surface area contributed by atoms with Crippen LogP contribution in [0.25, 0.3) is 0 Å². The number of nitrogens with one attached hydrogen (secondary N) is 1. The minimum atomic E-state index is 0.321. The molecule has 1 rings (SSSR count). The zero-order valence-electron chi connectivity index (χ0n) is 13.4. The van der Waals surface area contributed by atoms with Crippen LogP contribution in [0.3, 0.4) is 0 Å². The third-order valence-corrected chi connectivity index (χ3v) is 3.75. The van der Waals surface area contributed by atoms with E-state index in [9.17, 15) is 0 Å². The molecule has 0 saturated heterocycles. The van der Waals surface area contributed by atoms with Crippen molar-refractivity contribution in [3.63, 3.8) is 0 Å². The van der Waals surface area contributed by atoms with Crippen molar-refractivity contribution >= 4 is 0 Å². The van der Waals surface area contributed by atoms with Crippen LogP contribution in [0, 0.1) is 0 Å². The maximum Gasteiger partial charge on any atom is 0.165 e. The molecule has 3 heteroatoms. The van der Waals surface area contributed by atoms with E-state index < -0.39 is 0 Å². The van der Waals surface area contributed by atoms with Crippen LogP contribution in [0.2, 0.25) is 0 Å². The maximum atomic E-state index is 5.53. The Morgan fingerprint density at radius 1 is 1.05 bits per heavy atom. The number of rotatable bonds is 10. The lowest BCUT2D eigenvalue weighted by molar-refractivity contribution is 0.345. The Kier molecular flexibility index (Phi) is 8.12. The second-order valence-corrected chi connectivity index (χ2v) is 5.13. The fraction of sp³-hybridized carbons (Fsp3) is 0.647. The fourth-order valence-electron chi connectivity index (χ4n) is 2.59. The first-order chi connectivity index (χ1) is 9.78. The summed E-state index contributed by atoms with van der Waals surface area (Å²) < 4.78 is 10.9. The van der Waals surface area contributed by atoms with Gasteiger partial charge in [0.05, 0.1) is 14.2 Å². The number of ether oxygens (including phenoxy) is 2. The third kappa shape index (κ3) is 4.71. The molecule has 1 N–H and O–H groups in total. The van der Waals surface area contributed by atoms with Crippen LogP contribution >= 0.6 is 0 Å². The highest BCUT2D eigenvalue weighted by molar-refractivity contribution is 5.48. The molecule has 1 aromatic carbocycles. The summed E-state index contributed by atoms with van der Waals surface area (Å²) in [5.41, 5.74) is 1.19. The quantitative estimate of drug-likeness (QED) is 0.647. The number of benzene rings is 1. The largest absolute Gasteiger partial charge is 0.493 e. The lowest BCUT2D eigenvalue weighted by Crippen LogP contribution is -2.17. The van der Waals surface area contributed by atoms with E-state index in [1.807, 2.05) is 19.2 Å². The monoisotopic (exact) mass is 279 g/mol. The molecule has 3 nitrogen and oxygen atoms in total. The Bertz CT molecular complexity index is 379. The first-order valence-electron chi connectivity index (χ1n) is 7.66. The fourth-order valence-corrected chi connectivity index (χ4v) is 2.59. The second kappa shape index (κ2) is 9.65. The summed E-state index contributed by atoms with van der Waals surface area (Å²) >= 11 is 0. The number of para-hydroxylation sites is 1. The maximum absolute atomic E-state index is 5.53. The molecule has 1 aromatic rings. The average Bonchev–Trinajstić information content (AvgIpc) is 2.50. The standard InChI is InChI=1S/C17H29NO2/c1-5-6-7-8-9-12-15(18-2)14-11-10-13-16(19-3)17(14)20-4/h10-11,13,15,18H,5-9,12H2,1-4H3. The van der Waals surface area contributed by atoms with Gasteiger partial charge in [-0.15, -0.1) is 0 Å². The van der Waals surface area contributed by atoms with Gasteiger partial charge in [0.25, 0.3) is 0 Å². The van der Waals surface area contributed by atoms with E-state index in [2.05, 4.69) is 18.3 Å². The van der Waals surface area contributed by atoms with Crippen molar-refractivity contribution in [3.8, 4) is 11.5 Å². The van der Waals surface area contributed by atoms with E-state index in [0.717, 1.165) is 17.9 Å². The Labute approximate surface area is 123 Å². The van der Waals surface area contributed by atoms with E-state index >= 15 is 0 Å². The smallest absolute Gasteiger partial charge is 0.165 e. The lowest BCUT2D eigenvalue weighted by atomic mass is 9.98. The van der Waals surface area contributed by atoms with Crippen LogP contribution in [0.15, 0.2) is 18.2 Å². The van der Waals surface area contributed by atoms with Crippen LogP contribution < -0.4 is 14.8 Å². The van der Waals surface area contributed by atoms with Crippen LogP contribution in [-0.4, -0.2) is 21.3 Å². The third-order valence-electron chi connectivity index (χ3n) is 3.75. The summed E-state index contributed by atoms with van der Waals surface area (Å²) in [6.07, 6.45) is 7.64. The van der Waals surface area contributed by atoms with Gasteiger partial charge in [-0.1, -0.05) is 51.2 Å². The first kappa shape index (κ1) is 16.8. The van der Waals surface area contributed by atoms with Gasteiger partial charge in [0, 0.05) is 11.6 Å². The minimum absolute atomic E-state index is 0.321. The van der Waals surface area contributed by atoms with Crippen molar-refractivity contribution in [2.24, 2.45) is 0 Å². The highest BCUT2D eigenvalue weighted by Gasteiger charge is 2.17. The van der Waals surface area contributed by atoms with Crippen LogP contribution in [0.5, 0.6) is 11.5 Å². The zero-order valence-corrected chi connectivity index (χ0v) is 13.4. The van der Waals surface area contributed by atoms with Gasteiger partial charge in [0.2, 0.25) is 0 Å². The van der Waals surface area contributed by atoms with E-state index in [1.165, 1.54) is 37.7 Å². The predicted octanol–water partition coefficient (Wildman–Crippen LogP) is 4.32. The van der Waals surface area contributed by atoms with Crippen molar-refractivity contribution in [2.45, 2.75) is 51.5 Å². The molecule has 0 spiro atoms. The van der Waals surface area contributed by atoms with Crippen molar-refractivity contribution in [1.82, 2.24) is 5.32 Å². The van der Waals surface area contributed by atoms with Gasteiger partial charge in [-0.3, -0.25) is 0 Å². The highest BCUT2D eigenvalue weighted by Crippen LogP contribution is 2.36. The summed E-state index contributed by atoms with van der Waals surface area (Å²) in [6, 6.07) is 6.41. The molecule has 0 bridgehead atoms. The van der Waals surface area contributed by atoms with Gasteiger partial charge < -0.3 is 14.8 Å². The van der Waals surface area contributed by atoms with Gasteiger partial charge in [-0.25, -0.2) is 0 Å². The van der Waals surface area contributed by atoms with Crippen LogP contribution in [0.1, 0.15) is 57.1 Å². The van der Waals surface area contributed by atoms with E-state index in [0.29, 0.717) is 6.04 Å². The Morgan fingerprint density at radius 2 is 1.80 bits per heavy atom. The molecule has 0 fully saturated rings. The first-order valence-corrected chi connectivity index (χ1v) is 7.66. The zero-order chi connectivity index (χ0) is 14.8. The van der Waals surface area contributed by atoms with Gasteiger partial charge in [0.15, 0.2) is 11.5 Å². The van der Waals surface area contributed by atoms with Gasteiger partial charge in [-0.05, 0) is 19.5 Å². The summed E-state index contributed by atoms with van der Waals surface area (Å²) in [5.74, 6) is 1.65. The van der Waals surface area contributed by atoms with Crippen molar-refractivity contribution < 1.29 is 9.47 Å². The predicted molar refractivity (Wildman–Crippen MR) is 84.7 cm³/mol. The molecule has 0 amide bonds. The number of hydrogen-bond acceptors (Lipinski definition) is 3. The molecule has 0 saturated carbocycles. The van der Waals surface area contributed by atoms with Gasteiger partial charge >= 0.3 is 0 Å². The van der Waals surface area contributed by atoms with Gasteiger partial charge in [-0.2, -0.15) is 0 Å². The molecule has 1 atom stereocenters. The van der Waals surface area contributed by atoms with Crippen molar-refractivity contribution in [3.05, 3.63) is 23.8 Å². The summed E-state index contributed by atoms with van der Waals surface area (Å²) in [6.45, 7) is 2.25. The Morgan fingerprint density at radius 3 is 2.40 bits per heavy atom. The van der Waals surface area contributed by atoms with Gasteiger partial charge in [0.1, 0.15) is 0 Å². The van der Waals surface area contributed by atoms with Crippen molar-refractivity contribution in [2.75, 3.05) is 21.3 Å². The molecular formula is C17H29NO2. The molecule has 0 aliphatic heterocycles. The number of hydrogen-bond donors (Lipinski definition) is 1. The van der Waals surface area contributed by atoms with E-state index in [4.69, 9.17) is 9.47 Å². The normalized spacial score (nSPS) is 12.2. The number of unbranched alkanes of at least 4 members (excludes halogenated alkanes) is 4. The van der Waals surface area contributed by atoms with E-state index in [1.54, 1.807) is 14.2 Å². The number of methoxy groups -OCH3 is 2. The molecular weight excluding hydrogens is 250 g/mol. The summed E-state index contributed by atoms with van der Waals surface area (Å²) in [5, 5.41) is 3.40. The summed E-state index contributed by atoms with van der Waals surface area (Å²) in [4.78, 5) is 0. The summed E-state index contributed by atoms with van der Waals surface area (Å²) in [7, 11) is 5.39. The molecule has 0 radical (unpaired) electrons.